The summed E-state index contributed by atoms with van der Waals surface area (Å²) in [6, 6.07) is 7.88. The number of anilines is 3. The molecule has 0 spiro atoms. The monoisotopic (exact) mass is 403 g/mol. The van der Waals surface area contributed by atoms with Crippen LogP contribution in [0.5, 0.6) is 0 Å². The van der Waals surface area contributed by atoms with Gasteiger partial charge < -0.3 is 20.5 Å². The van der Waals surface area contributed by atoms with Gasteiger partial charge in [0.25, 0.3) is 0 Å². The van der Waals surface area contributed by atoms with Crippen LogP contribution in [0.1, 0.15) is 23.7 Å². The number of nitrogens with zero attached hydrogens (tertiary/aromatic N) is 5. The van der Waals surface area contributed by atoms with E-state index in [-0.39, 0.29) is 6.61 Å². The molecule has 3 aromatic rings. The standard InChI is InChI=1S/C21H21N7O2/c1-21(12-29)11-24-19-14(8-22)6-13(7-15(19)21)16-2-3-23-20(26-16)27-17-9-25-28-4-5-30-10-18(17)28/h2-3,6-7,9,24,29H,4-5,10-12H2,1H3,(H,23,26,27)/t21-/m1/s1. The van der Waals surface area contributed by atoms with E-state index in [9.17, 15) is 10.4 Å². The van der Waals surface area contributed by atoms with Crippen molar-refractivity contribution in [1.29, 1.82) is 5.26 Å². The molecule has 0 saturated heterocycles. The average molecular weight is 403 g/mol. The number of rotatable bonds is 4. The van der Waals surface area contributed by atoms with Crippen molar-refractivity contribution in [1.82, 2.24) is 19.7 Å². The molecule has 4 heterocycles. The Morgan fingerprint density at radius 2 is 2.33 bits per heavy atom. The van der Waals surface area contributed by atoms with Gasteiger partial charge in [-0.3, -0.25) is 4.68 Å². The van der Waals surface area contributed by atoms with E-state index < -0.39 is 5.41 Å². The second kappa shape index (κ2) is 7.09. The Bertz CT molecular complexity index is 1170. The molecule has 30 heavy (non-hydrogen) atoms. The van der Waals surface area contributed by atoms with E-state index in [0.717, 1.165) is 34.7 Å². The summed E-state index contributed by atoms with van der Waals surface area (Å²) in [5.41, 5.74) is 5.08. The van der Waals surface area contributed by atoms with Crippen molar-refractivity contribution in [2.45, 2.75) is 25.5 Å². The minimum Gasteiger partial charge on any atom is -0.395 e. The van der Waals surface area contributed by atoms with Crippen LogP contribution in [0.25, 0.3) is 11.3 Å². The third kappa shape index (κ3) is 2.98. The number of nitrogens with one attached hydrogen (secondary N) is 2. The lowest BCUT2D eigenvalue weighted by molar-refractivity contribution is 0.0805. The number of fused-ring (bicyclic) bond motifs is 2. The third-order valence-corrected chi connectivity index (χ3v) is 5.75. The van der Waals surface area contributed by atoms with Gasteiger partial charge in [-0.1, -0.05) is 6.92 Å². The summed E-state index contributed by atoms with van der Waals surface area (Å²) < 4.78 is 7.44. The number of hydrogen-bond donors (Lipinski definition) is 3. The summed E-state index contributed by atoms with van der Waals surface area (Å²) >= 11 is 0. The molecule has 0 fully saturated rings. The summed E-state index contributed by atoms with van der Waals surface area (Å²) in [7, 11) is 0. The molecule has 1 aromatic carbocycles. The van der Waals surface area contributed by atoms with Gasteiger partial charge >= 0.3 is 0 Å². The number of benzene rings is 1. The Labute approximate surface area is 173 Å². The third-order valence-electron chi connectivity index (χ3n) is 5.75. The molecule has 0 saturated carbocycles. The lowest BCUT2D eigenvalue weighted by atomic mass is 9.83. The van der Waals surface area contributed by atoms with Crippen molar-refractivity contribution in [2.24, 2.45) is 0 Å². The zero-order chi connectivity index (χ0) is 20.7. The van der Waals surface area contributed by atoms with Crippen molar-refractivity contribution in [2.75, 3.05) is 30.4 Å². The van der Waals surface area contributed by atoms with Crippen molar-refractivity contribution in [3.63, 3.8) is 0 Å². The fourth-order valence-corrected chi connectivity index (χ4v) is 3.94. The van der Waals surface area contributed by atoms with E-state index in [1.807, 2.05) is 29.8 Å². The van der Waals surface area contributed by atoms with Gasteiger partial charge in [-0.15, -0.1) is 0 Å². The predicted octanol–water partition coefficient (Wildman–Crippen LogP) is 2.16. The van der Waals surface area contributed by atoms with Crippen LogP contribution in [0.2, 0.25) is 0 Å². The number of aliphatic hydroxyl groups excluding tert-OH is 1. The predicted molar refractivity (Wildman–Crippen MR) is 110 cm³/mol. The molecule has 0 aliphatic carbocycles. The Morgan fingerprint density at radius 3 is 3.17 bits per heavy atom. The molecular weight excluding hydrogens is 382 g/mol. The summed E-state index contributed by atoms with van der Waals surface area (Å²) in [5, 5.41) is 30.4. The highest BCUT2D eigenvalue weighted by Gasteiger charge is 2.36. The Hall–Kier alpha value is -3.48. The van der Waals surface area contributed by atoms with Gasteiger partial charge in [0.05, 0.1) is 60.9 Å². The largest absolute Gasteiger partial charge is 0.395 e. The summed E-state index contributed by atoms with van der Waals surface area (Å²) in [6.07, 6.45) is 3.43. The molecule has 0 unspecified atom stereocenters. The molecule has 9 nitrogen and oxygen atoms in total. The van der Waals surface area contributed by atoms with Crippen LogP contribution in [-0.4, -0.2) is 44.6 Å². The molecule has 152 valence electrons. The average Bonchev–Trinajstić information content (AvgIpc) is 3.35. The lowest BCUT2D eigenvalue weighted by Gasteiger charge is -2.21. The van der Waals surface area contributed by atoms with Crippen LogP contribution in [0.15, 0.2) is 30.6 Å². The zero-order valence-electron chi connectivity index (χ0n) is 16.5. The molecule has 5 rings (SSSR count). The number of aliphatic hydroxyl groups is 1. The number of aromatic nitrogens is 4. The molecule has 0 bridgehead atoms. The van der Waals surface area contributed by atoms with Crippen LogP contribution in [0.4, 0.5) is 17.3 Å². The van der Waals surface area contributed by atoms with Crippen LogP contribution in [-0.2, 0) is 23.3 Å². The fraction of sp³-hybridized carbons (Fsp3) is 0.333. The van der Waals surface area contributed by atoms with Gasteiger partial charge in [0.15, 0.2) is 0 Å². The Morgan fingerprint density at radius 1 is 1.43 bits per heavy atom. The van der Waals surface area contributed by atoms with Crippen LogP contribution in [0.3, 0.4) is 0 Å². The number of nitriles is 1. The first-order chi connectivity index (χ1) is 14.6. The lowest BCUT2D eigenvalue weighted by Crippen LogP contribution is -2.28. The minimum atomic E-state index is -0.442. The van der Waals surface area contributed by atoms with Crippen LogP contribution >= 0.6 is 0 Å². The van der Waals surface area contributed by atoms with Crippen LogP contribution in [0, 0.1) is 11.3 Å². The molecule has 0 amide bonds. The number of hydrogen-bond acceptors (Lipinski definition) is 8. The highest BCUT2D eigenvalue weighted by molar-refractivity contribution is 5.76. The van der Waals surface area contributed by atoms with E-state index in [4.69, 9.17) is 4.74 Å². The topological polar surface area (TPSA) is 121 Å². The van der Waals surface area contributed by atoms with Crippen molar-refractivity contribution in [3.05, 3.63) is 47.4 Å². The number of ether oxygens (including phenoxy) is 1. The van der Waals surface area contributed by atoms with E-state index in [1.165, 1.54) is 0 Å². The van der Waals surface area contributed by atoms with Gasteiger partial charge in [0.2, 0.25) is 5.95 Å². The quantitative estimate of drug-likeness (QED) is 0.606. The van der Waals surface area contributed by atoms with Crippen molar-refractivity contribution >= 4 is 17.3 Å². The van der Waals surface area contributed by atoms with E-state index in [2.05, 4.69) is 31.8 Å². The zero-order valence-corrected chi connectivity index (χ0v) is 16.5. The van der Waals surface area contributed by atoms with Gasteiger partial charge in [-0.05, 0) is 23.8 Å². The maximum Gasteiger partial charge on any atom is 0.227 e. The molecule has 9 heteroatoms. The van der Waals surface area contributed by atoms with E-state index in [0.29, 0.717) is 37.0 Å². The van der Waals surface area contributed by atoms with Gasteiger partial charge in [0, 0.05) is 23.7 Å². The second-order valence-corrected chi connectivity index (χ2v) is 7.80. The molecule has 0 radical (unpaired) electrons. The molecule has 2 aliphatic heterocycles. The SMILES string of the molecule is C[C@]1(CO)CNc2c(C#N)cc(-c3ccnc(Nc4cnn5c4COCC5)n3)cc21. The fourth-order valence-electron chi connectivity index (χ4n) is 3.94. The highest BCUT2D eigenvalue weighted by Crippen LogP contribution is 2.41. The smallest absolute Gasteiger partial charge is 0.227 e. The first-order valence-corrected chi connectivity index (χ1v) is 9.77. The molecule has 1 atom stereocenters. The summed E-state index contributed by atoms with van der Waals surface area (Å²) in [4.78, 5) is 8.98. The minimum absolute atomic E-state index is 0.00720. The summed E-state index contributed by atoms with van der Waals surface area (Å²) in [6.45, 7) is 4.43. The van der Waals surface area contributed by atoms with Crippen molar-refractivity contribution in [3.8, 4) is 17.3 Å². The van der Waals surface area contributed by atoms with Gasteiger partial charge in [-0.25, -0.2) is 9.97 Å². The van der Waals surface area contributed by atoms with E-state index >= 15 is 0 Å². The molecule has 3 N–H and O–H groups in total. The Kier molecular flexibility index (Phi) is 4.38. The van der Waals surface area contributed by atoms with E-state index in [1.54, 1.807) is 12.4 Å². The van der Waals surface area contributed by atoms with Crippen molar-refractivity contribution < 1.29 is 9.84 Å². The molecule has 2 aromatic heterocycles. The first-order valence-electron chi connectivity index (χ1n) is 9.77. The molecule has 2 aliphatic rings. The first kappa shape index (κ1) is 18.5. The maximum atomic E-state index is 9.91. The summed E-state index contributed by atoms with van der Waals surface area (Å²) in [5.74, 6) is 0.441. The Balaban J connectivity index is 1.51. The molecular formula is C21H21N7O2. The normalized spacial score (nSPS) is 19.5. The maximum absolute atomic E-state index is 9.91. The van der Waals surface area contributed by atoms with Crippen LogP contribution < -0.4 is 10.6 Å². The van der Waals surface area contributed by atoms with Gasteiger partial charge in [-0.2, -0.15) is 10.4 Å². The highest BCUT2D eigenvalue weighted by atomic mass is 16.5. The van der Waals surface area contributed by atoms with Gasteiger partial charge in [0.1, 0.15) is 6.07 Å². The second-order valence-electron chi connectivity index (χ2n) is 7.80.